The van der Waals surface area contributed by atoms with Gasteiger partial charge in [-0.3, -0.25) is 0 Å². The molecule has 2 heteroatoms. The summed E-state index contributed by atoms with van der Waals surface area (Å²) in [5.74, 6) is 6.53. The van der Waals surface area contributed by atoms with E-state index in [1.54, 1.807) is 18.3 Å². The average Bonchev–Trinajstić information content (AvgIpc) is 2.86. The summed E-state index contributed by atoms with van der Waals surface area (Å²) in [6.45, 7) is 4.69. The van der Waals surface area contributed by atoms with Crippen LogP contribution in [-0.4, -0.2) is 17.8 Å². The zero-order valence-corrected chi connectivity index (χ0v) is 15.3. The molecular weight excluding hydrogens is 296 g/mol. The van der Waals surface area contributed by atoms with Crippen LogP contribution in [-0.2, 0) is 4.74 Å². The molecule has 6 atom stereocenters. The Labute approximate surface area is 146 Å². The summed E-state index contributed by atoms with van der Waals surface area (Å²) in [6.07, 6.45) is 15.4. The molecule has 4 rings (SSSR count). The summed E-state index contributed by atoms with van der Waals surface area (Å²) in [6, 6.07) is 0. The number of methoxy groups -OCH3 is 1. The number of fused-ring (bicyclic) bond motifs is 4. The first kappa shape index (κ1) is 16.3. The van der Waals surface area contributed by atoms with Gasteiger partial charge in [0.2, 0.25) is 0 Å². The van der Waals surface area contributed by atoms with E-state index in [1.165, 1.54) is 12.8 Å². The van der Waals surface area contributed by atoms with Gasteiger partial charge in [0.1, 0.15) is 5.60 Å². The van der Waals surface area contributed by atoms with Crippen LogP contribution in [0.15, 0.2) is 23.0 Å². The van der Waals surface area contributed by atoms with Crippen LogP contribution in [0.25, 0.3) is 0 Å². The number of ether oxygens (including phenoxy) is 1. The molecule has 2 saturated carbocycles. The molecule has 0 aromatic carbocycles. The van der Waals surface area contributed by atoms with Crippen LogP contribution in [0.1, 0.15) is 58.8 Å². The molecule has 0 aromatic heterocycles. The van der Waals surface area contributed by atoms with E-state index in [4.69, 9.17) is 11.2 Å². The van der Waals surface area contributed by atoms with Crippen molar-refractivity contribution in [3.63, 3.8) is 0 Å². The van der Waals surface area contributed by atoms with E-state index in [-0.39, 0.29) is 5.41 Å². The van der Waals surface area contributed by atoms with Gasteiger partial charge in [0.15, 0.2) is 0 Å². The number of terminal acetylenes is 1. The van der Waals surface area contributed by atoms with E-state index in [9.17, 15) is 5.11 Å². The normalized spacial score (nSPS) is 47.2. The van der Waals surface area contributed by atoms with Crippen molar-refractivity contribution in [2.75, 3.05) is 7.11 Å². The van der Waals surface area contributed by atoms with Gasteiger partial charge in [-0.25, -0.2) is 0 Å². The number of allylic oxidation sites excluding steroid dienone is 3. The Morgan fingerprint density at radius 3 is 2.83 bits per heavy atom. The van der Waals surface area contributed by atoms with Crippen LogP contribution in [0, 0.1) is 41.4 Å². The first-order valence-corrected chi connectivity index (χ1v) is 9.57. The molecule has 2 fully saturated rings. The van der Waals surface area contributed by atoms with Crippen molar-refractivity contribution in [3.05, 3.63) is 23.0 Å². The van der Waals surface area contributed by atoms with Crippen LogP contribution in [0.4, 0.5) is 0 Å². The molecule has 0 heterocycles. The van der Waals surface area contributed by atoms with Gasteiger partial charge in [0.25, 0.3) is 0 Å². The molecule has 0 radical (unpaired) electrons. The van der Waals surface area contributed by atoms with E-state index in [2.05, 4.69) is 25.8 Å². The topological polar surface area (TPSA) is 29.5 Å². The summed E-state index contributed by atoms with van der Waals surface area (Å²) in [5.41, 5.74) is 2.33. The molecule has 0 bridgehead atoms. The van der Waals surface area contributed by atoms with Gasteiger partial charge in [-0.15, -0.1) is 6.42 Å². The van der Waals surface area contributed by atoms with Gasteiger partial charge in [0, 0.05) is 11.8 Å². The van der Waals surface area contributed by atoms with E-state index < -0.39 is 5.60 Å². The van der Waals surface area contributed by atoms with E-state index >= 15 is 0 Å². The highest BCUT2D eigenvalue weighted by Gasteiger charge is 2.62. The van der Waals surface area contributed by atoms with Gasteiger partial charge in [-0.2, -0.15) is 0 Å². The summed E-state index contributed by atoms with van der Waals surface area (Å²) < 4.78 is 5.51. The number of hydrogen-bond donors (Lipinski definition) is 1. The summed E-state index contributed by atoms with van der Waals surface area (Å²) in [4.78, 5) is 0. The minimum atomic E-state index is -0.896. The van der Waals surface area contributed by atoms with E-state index in [0.29, 0.717) is 23.7 Å². The second kappa shape index (κ2) is 5.40. The Morgan fingerprint density at radius 2 is 2.12 bits per heavy atom. The Bertz CT molecular complexity index is 651. The molecule has 0 aliphatic heterocycles. The quantitative estimate of drug-likeness (QED) is 0.570. The van der Waals surface area contributed by atoms with Crippen molar-refractivity contribution in [1.29, 1.82) is 0 Å². The third kappa shape index (κ3) is 2.00. The van der Waals surface area contributed by atoms with Gasteiger partial charge in [0.05, 0.1) is 12.9 Å². The lowest BCUT2D eigenvalue weighted by Crippen LogP contribution is -2.52. The molecule has 4 aliphatic rings. The van der Waals surface area contributed by atoms with Crippen LogP contribution >= 0.6 is 0 Å². The van der Waals surface area contributed by atoms with Gasteiger partial charge in [-0.05, 0) is 68.3 Å². The predicted molar refractivity (Wildman–Crippen MR) is 96.0 cm³/mol. The standard InChI is InChI=1S/C22H30O2/c1-5-22(23)11-9-19-20-14(2)12-15-13-16(24-4)6-7-17(15)18(20)8-10-21(19,22)3/h1,6,14,18-20,23H,7-13H2,2-4H3/t14-,18-,19+,20-,21+,22+/m1/s1. The SMILES string of the molecule is C#C[C@]1(O)CC[C@H]2[C@@H]3[C@H](C)CC4=C(CC=C(OC)C4)[C@H]3CC[C@@]21C. The largest absolute Gasteiger partial charge is 0.501 e. The van der Waals surface area contributed by atoms with Crippen LogP contribution in [0.5, 0.6) is 0 Å². The Morgan fingerprint density at radius 1 is 1.33 bits per heavy atom. The second-order valence-electron chi connectivity index (χ2n) is 8.86. The maximum atomic E-state index is 11.1. The molecule has 0 saturated heterocycles. The monoisotopic (exact) mass is 326 g/mol. The fraction of sp³-hybridized carbons (Fsp3) is 0.727. The van der Waals surface area contributed by atoms with Crippen LogP contribution in [0.3, 0.4) is 0 Å². The van der Waals surface area contributed by atoms with Gasteiger partial charge >= 0.3 is 0 Å². The zero-order chi connectivity index (χ0) is 17.1. The van der Waals surface area contributed by atoms with Crippen molar-refractivity contribution in [2.24, 2.45) is 29.1 Å². The maximum Gasteiger partial charge on any atom is 0.130 e. The van der Waals surface area contributed by atoms with Crippen LogP contribution in [0.2, 0.25) is 0 Å². The third-order valence-electron chi connectivity index (χ3n) is 8.05. The highest BCUT2D eigenvalue weighted by Crippen LogP contribution is 2.65. The van der Waals surface area contributed by atoms with Crippen molar-refractivity contribution in [1.82, 2.24) is 0 Å². The molecule has 1 N–H and O–H groups in total. The lowest BCUT2D eigenvalue weighted by Gasteiger charge is -2.55. The first-order valence-electron chi connectivity index (χ1n) is 9.57. The minimum Gasteiger partial charge on any atom is -0.501 e. The molecule has 4 aliphatic carbocycles. The van der Waals surface area contributed by atoms with Gasteiger partial charge < -0.3 is 9.84 Å². The molecule has 0 aromatic rings. The van der Waals surface area contributed by atoms with Crippen molar-refractivity contribution < 1.29 is 9.84 Å². The molecule has 0 amide bonds. The second-order valence-corrected chi connectivity index (χ2v) is 8.86. The molecule has 2 nitrogen and oxygen atoms in total. The van der Waals surface area contributed by atoms with Crippen molar-refractivity contribution in [3.8, 4) is 12.3 Å². The number of aliphatic hydroxyl groups is 1. The smallest absolute Gasteiger partial charge is 0.130 e. The molecular formula is C22H30O2. The molecule has 130 valence electrons. The Kier molecular flexibility index (Phi) is 3.66. The van der Waals surface area contributed by atoms with Crippen molar-refractivity contribution >= 4 is 0 Å². The fourth-order valence-electron chi connectivity index (χ4n) is 6.71. The number of rotatable bonds is 1. The summed E-state index contributed by atoms with van der Waals surface area (Å²) in [7, 11) is 1.79. The van der Waals surface area contributed by atoms with Gasteiger partial charge in [-0.1, -0.05) is 30.9 Å². The number of hydrogen-bond acceptors (Lipinski definition) is 2. The molecule has 0 spiro atoms. The minimum absolute atomic E-state index is 0.0998. The average molecular weight is 326 g/mol. The van der Waals surface area contributed by atoms with E-state index in [0.717, 1.165) is 37.9 Å². The lowest BCUT2D eigenvalue weighted by molar-refractivity contribution is -0.0803. The van der Waals surface area contributed by atoms with E-state index in [1.807, 2.05) is 0 Å². The zero-order valence-electron chi connectivity index (χ0n) is 15.3. The highest BCUT2D eigenvalue weighted by molar-refractivity contribution is 5.34. The van der Waals surface area contributed by atoms with Crippen molar-refractivity contribution in [2.45, 2.75) is 64.4 Å². The Balaban J connectivity index is 1.68. The molecule has 24 heavy (non-hydrogen) atoms. The third-order valence-corrected chi connectivity index (χ3v) is 8.05. The Hall–Kier alpha value is -1.20. The maximum absolute atomic E-state index is 11.1. The highest BCUT2D eigenvalue weighted by atomic mass is 16.5. The summed E-state index contributed by atoms with van der Waals surface area (Å²) >= 11 is 0. The lowest BCUT2D eigenvalue weighted by atomic mass is 9.50. The predicted octanol–water partition coefficient (Wildman–Crippen LogP) is 4.45. The first-order chi connectivity index (χ1) is 11.4. The van der Waals surface area contributed by atoms with Crippen LogP contribution < -0.4 is 0 Å². The fourth-order valence-corrected chi connectivity index (χ4v) is 6.71. The molecule has 0 unspecified atom stereocenters. The summed E-state index contributed by atoms with van der Waals surface area (Å²) in [5, 5.41) is 11.1.